The average molecular weight is 763 g/mol. The van der Waals surface area contributed by atoms with Gasteiger partial charge in [-0.1, -0.05) is 0 Å². The molecular formula is C32H34N4O12S3. The van der Waals surface area contributed by atoms with Gasteiger partial charge in [0.15, 0.2) is 35.0 Å². The fourth-order valence-corrected chi connectivity index (χ4v) is 9.98. The first-order valence-corrected chi connectivity index (χ1v) is 21.2. The summed E-state index contributed by atoms with van der Waals surface area (Å²) in [6.07, 6.45) is 3.25. The van der Waals surface area contributed by atoms with Crippen LogP contribution in [-0.4, -0.2) is 120 Å². The molecule has 51 heavy (non-hydrogen) atoms. The second-order valence-electron chi connectivity index (χ2n) is 13.1. The number of amides is 2. The van der Waals surface area contributed by atoms with Crippen molar-refractivity contribution in [2.45, 2.75) is 47.6 Å². The normalized spacial score (nSPS) is 22.5. The lowest BCUT2D eigenvalue weighted by molar-refractivity contribution is -0.124. The second kappa shape index (κ2) is 13.1. The van der Waals surface area contributed by atoms with E-state index in [-0.39, 0.29) is 74.1 Å². The van der Waals surface area contributed by atoms with Crippen LogP contribution in [0.15, 0.2) is 46.2 Å². The van der Waals surface area contributed by atoms with Gasteiger partial charge in [0.1, 0.15) is 0 Å². The zero-order valence-corrected chi connectivity index (χ0v) is 29.9. The zero-order chi connectivity index (χ0) is 37.2. The molecule has 2 saturated heterocycles. The first-order chi connectivity index (χ1) is 23.8. The predicted octanol–water partition coefficient (Wildman–Crippen LogP) is -0.410. The number of rotatable bonds is 8. The summed E-state index contributed by atoms with van der Waals surface area (Å²) in [4.78, 5) is 78.2. The molecule has 0 aromatic heterocycles. The van der Waals surface area contributed by atoms with Crippen LogP contribution in [0.1, 0.15) is 67.1 Å². The van der Waals surface area contributed by atoms with E-state index < -0.39 is 98.5 Å². The molecular weight excluding hydrogens is 729 g/mol. The standard InChI is InChI=1S/C32H34N4O12S3/c1-49(43,44)35-11-7-17(8-12-35)33-31(41)25-27(37)21-5-3-19(15-23(21)29(25)39)51(47,48)20-4-6-22-24(16-20)30(40)26(28(22)38)32(42)34-18-9-13-36(14-10-18)50(2,45)46/h3-6,15-18,25-26H,7-14H2,1-2H3,(H,33,41)(H,34,42). The summed E-state index contributed by atoms with van der Waals surface area (Å²) in [5, 5.41) is 5.28. The van der Waals surface area contributed by atoms with E-state index in [9.17, 15) is 54.0 Å². The molecule has 2 amide bonds. The van der Waals surface area contributed by atoms with Crippen molar-refractivity contribution in [2.24, 2.45) is 11.8 Å². The fourth-order valence-electron chi connectivity index (χ4n) is 6.92. The quantitative estimate of drug-likeness (QED) is 0.327. The molecule has 2 aliphatic carbocycles. The summed E-state index contributed by atoms with van der Waals surface area (Å²) < 4.78 is 77.1. The molecule has 16 nitrogen and oxygen atoms in total. The first kappa shape index (κ1) is 36.6. The van der Waals surface area contributed by atoms with Crippen LogP contribution in [0.4, 0.5) is 0 Å². The zero-order valence-electron chi connectivity index (χ0n) is 27.4. The van der Waals surface area contributed by atoms with Gasteiger partial charge in [-0.15, -0.1) is 0 Å². The van der Waals surface area contributed by atoms with Crippen molar-refractivity contribution < 1.29 is 54.0 Å². The molecule has 2 aromatic carbocycles. The Kier molecular flexibility index (Phi) is 9.41. The van der Waals surface area contributed by atoms with Crippen LogP contribution in [0.2, 0.25) is 0 Å². The number of carbonyl (C=O) groups excluding carboxylic acids is 6. The molecule has 2 heterocycles. The Bertz CT molecular complexity index is 2090. The van der Waals surface area contributed by atoms with Gasteiger partial charge in [0.2, 0.25) is 41.7 Å². The average Bonchev–Trinajstić information content (AvgIpc) is 3.47. The van der Waals surface area contributed by atoms with Gasteiger partial charge in [-0.05, 0) is 62.1 Å². The van der Waals surface area contributed by atoms with Crippen molar-refractivity contribution in [3.63, 3.8) is 0 Å². The minimum Gasteiger partial charge on any atom is -0.352 e. The number of sulfonamides is 2. The Morgan fingerprint density at radius 3 is 1.18 bits per heavy atom. The molecule has 2 atom stereocenters. The Morgan fingerprint density at radius 1 is 0.549 bits per heavy atom. The maximum absolute atomic E-state index is 13.7. The van der Waals surface area contributed by atoms with E-state index in [1.165, 1.54) is 8.61 Å². The number of ketones is 4. The second-order valence-corrected chi connectivity index (χ2v) is 19.0. The summed E-state index contributed by atoms with van der Waals surface area (Å²) in [6.45, 7) is 0.621. The number of sulfone groups is 1. The molecule has 0 bridgehead atoms. The fraction of sp³-hybridized carbons (Fsp3) is 0.438. The number of nitrogens with one attached hydrogen (secondary N) is 2. The van der Waals surface area contributed by atoms with Crippen molar-refractivity contribution in [2.75, 3.05) is 38.7 Å². The Morgan fingerprint density at radius 2 is 0.863 bits per heavy atom. The van der Waals surface area contributed by atoms with E-state index in [1.54, 1.807) is 0 Å². The monoisotopic (exact) mass is 762 g/mol. The van der Waals surface area contributed by atoms with E-state index in [0.717, 1.165) is 48.9 Å². The lowest BCUT2D eigenvalue weighted by Gasteiger charge is -2.31. The molecule has 0 spiro atoms. The lowest BCUT2D eigenvalue weighted by Crippen LogP contribution is -2.48. The van der Waals surface area contributed by atoms with E-state index >= 15 is 0 Å². The first-order valence-electron chi connectivity index (χ1n) is 16.0. The van der Waals surface area contributed by atoms with Crippen LogP contribution in [0.5, 0.6) is 0 Å². The lowest BCUT2D eigenvalue weighted by atomic mass is 10.0. The summed E-state index contributed by atoms with van der Waals surface area (Å²) >= 11 is 0. The van der Waals surface area contributed by atoms with Crippen LogP contribution in [0.25, 0.3) is 0 Å². The summed E-state index contributed by atoms with van der Waals surface area (Å²) in [7, 11) is -11.3. The number of carbonyl (C=O) groups is 6. The third-order valence-electron chi connectivity index (χ3n) is 9.78. The number of hydrogen-bond donors (Lipinski definition) is 2. The number of Topliss-reactive ketones (excluding diaryl/α,β-unsaturated/α-hetero) is 4. The minimum atomic E-state index is -4.46. The molecule has 2 aromatic rings. The highest BCUT2D eigenvalue weighted by molar-refractivity contribution is 7.91. The van der Waals surface area contributed by atoms with Crippen molar-refractivity contribution in [1.82, 2.24) is 19.2 Å². The summed E-state index contributed by atoms with van der Waals surface area (Å²) in [5.41, 5.74) is -0.840. The van der Waals surface area contributed by atoms with E-state index in [1.807, 2.05) is 0 Å². The highest BCUT2D eigenvalue weighted by Crippen LogP contribution is 2.34. The smallest absolute Gasteiger partial charge is 0.239 e. The summed E-state index contributed by atoms with van der Waals surface area (Å²) in [5.74, 6) is -8.65. The Balaban J connectivity index is 1.15. The molecule has 0 saturated carbocycles. The van der Waals surface area contributed by atoms with E-state index in [0.29, 0.717) is 0 Å². The third-order valence-corrected chi connectivity index (χ3v) is 14.1. The Hall–Kier alpha value is -4.17. The van der Waals surface area contributed by atoms with Gasteiger partial charge in [0.05, 0.1) is 22.3 Å². The van der Waals surface area contributed by atoms with Gasteiger partial charge in [0.25, 0.3) is 0 Å². The van der Waals surface area contributed by atoms with Gasteiger partial charge in [-0.25, -0.2) is 33.9 Å². The summed E-state index contributed by atoms with van der Waals surface area (Å²) in [6, 6.07) is 5.44. The van der Waals surface area contributed by atoms with Gasteiger partial charge in [-0.2, -0.15) is 0 Å². The van der Waals surface area contributed by atoms with Gasteiger partial charge >= 0.3 is 0 Å². The molecule has 19 heteroatoms. The van der Waals surface area contributed by atoms with Gasteiger partial charge < -0.3 is 10.6 Å². The van der Waals surface area contributed by atoms with Crippen LogP contribution >= 0.6 is 0 Å². The molecule has 2 aliphatic heterocycles. The topological polar surface area (TPSA) is 235 Å². The van der Waals surface area contributed by atoms with Gasteiger partial charge in [0, 0.05) is 60.5 Å². The largest absolute Gasteiger partial charge is 0.352 e. The highest BCUT2D eigenvalue weighted by atomic mass is 32.2. The number of piperidine rings is 2. The predicted molar refractivity (Wildman–Crippen MR) is 178 cm³/mol. The Labute approximate surface area is 293 Å². The van der Waals surface area contributed by atoms with Crippen molar-refractivity contribution in [1.29, 1.82) is 0 Å². The molecule has 4 aliphatic rings. The number of hydrogen-bond acceptors (Lipinski definition) is 12. The van der Waals surface area contributed by atoms with Crippen molar-refractivity contribution in [3.05, 3.63) is 58.7 Å². The van der Waals surface area contributed by atoms with E-state index in [2.05, 4.69) is 10.6 Å². The van der Waals surface area contributed by atoms with Crippen LogP contribution in [0, 0.1) is 11.8 Å². The number of fused-ring (bicyclic) bond motifs is 2. The van der Waals surface area contributed by atoms with Gasteiger partial charge in [-0.3, -0.25) is 28.8 Å². The molecule has 2 unspecified atom stereocenters. The van der Waals surface area contributed by atoms with Crippen LogP contribution in [0.3, 0.4) is 0 Å². The maximum Gasteiger partial charge on any atom is 0.239 e. The van der Waals surface area contributed by atoms with E-state index in [4.69, 9.17) is 0 Å². The molecule has 272 valence electrons. The SMILES string of the molecule is CS(=O)(=O)N1CCC(NC(=O)C2C(=O)c3ccc(S(=O)(=O)c4ccc5c(c4)C(=O)C(C(=O)NC4CCN(S(C)(=O)=O)CC4)C5=O)cc3C2=O)CC1. The molecule has 2 fully saturated rings. The van der Waals surface area contributed by atoms with Crippen molar-refractivity contribution in [3.8, 4) is 0 Å². The van der Waals surface area contributed by atoms with Crippen LogP contribution in [-0.2, 0) is 39.5 Å². The maximum atomic E-state index is 13.7. The molecule has 0 radical (unpaired) electrons. The number of nitrogens with zero attached hydrogens (tertiary/aromatic N) is 2. The number of benzene rings is 2. The molecule has 6 rings (SSSR count). The minimum absolute atomic E-state index is 0.142. The molecule has 2 N–H and O–H groups in total. The highest BCUT2D eigenvalue weighted by Gasteiger charge is 2.46. The van der Waals surface area contributed by atoms with Crippen LogP contribution < -0.4 is 10.6 Å². The third kappa shape index (κ3) is 6.79. The van der Waals surface area contributed by atoms with Crippen molar-refractivity contribution >= 4 is 64.8 Å².